The molecule has 2 nitrogen and oxygen atoms in total. The van der Waals surface area contributed by atoms with Gasteiger partial charge in [0.2, 0.25) is 0 Å². The van der Waals surface area contributed by atoms with Crippen LogP contribution < -0.4 is 0 Å². The number of rotatable bonds is 2. The van der Waals surface area contributed by atoms with E-state index in [-0.39, 0.29) is 0 Å². The van der Waals surface area contributed by atoms with Crippen LogP contribution >= 0.6 is 27.3 Å². The lowest BCUT2D eigenvalue weighted by Crippen LogP contribution is -1.94. The van der Waals surface area contributed by atoms with Crippen molar-refractivity contribution in [1.29, 1.82) is 0 Å². The van der Waals surface area contributed by atoms with Gasteiger partial charge in [-0.25, -0.2) is 0 Å². The van der Waals surface area contributed by atoms with Crippen LogP contribution in [0.2, 0.25) is 0 Å². The molecule has 6 aromatic carbocycles. The van der Waals surface area contributed by atoms with Crippen LogP contribution in [0.5, 0.6) is 0 Å². The molecule has 0 aliphatic rings. The van der Waals surface area contributed by atoms with E-state index in [1.165, 1.54) is 42.1 Å². The number of para-hydroxylation sites is 2. The van der Waals surface area contributed by atoms with Gasteiger partial charge in [0.1, 0.15) is 5.58 Å². The van der Waals surface area contributed by atoms with Crippen LogP contribution in [-0.2, 0) is 0 Å². The zero-order chi connectivity index (χ0) is 26.4. The molecule has 40 heavy (non-hydrogen) atoms. The molecule has 0 spiro atoms. The third kappa shape index (κ3) is 3.09. The highest BCUT2D eigenvalue weighted by atomic mass is 79.9. The average molecular weight is 595 g/mol. The Kier molecular flexibility index (Phi) is 4.66. The number of benzene rings is 6. The van der Waals surface area contributed by atoms with Gasteiger partial charge in [0.05, 0.1) is 16.7 Å². The standard InChI is InChI=1S/C36H20BrNOS/c37-22-16-18-31-29(20-22)28-19-21(23-9-5-11-27-25-8-2-4-14-34(25)40-36(23)27)15-17-30(28)38(31)32-12-6-10-26-24-7-1-3-13-33(24)39-35(26)32/h1-20H. The highest BCUT2D eigenvalue weighted by molar-refractivity contribution is 9.10. The van der Waals surface area contributed by atoms with Crippen LogP contribution in [0.4, 0.5) is 0 Å². The largest absolute Gasteiger partial charge is 0.454 e. The van der Waals surface area contributed by atoms with Crippen LogP contribution in [0.25, 0.3) is 80.7 Å². The number of aromatic nitrogens is 1. The van der Waals surface area contributed by atoms with Crippen molar-refractivity contribution in [1.82, 2.24) is 4.57 Å². The molecule has 9 aromatic rings. The van der Waals surface area contributed by atoms with Crippen LogP contribution in [-0.4, -0.2) is 4.57 Å². The quantitative estimate of drug-likeness (QED) is 0.195. The lowest BCUT2D eigenvalue weighted by Gasteiger charge is -2.09. The minimum absolute atomic E-state index is 0.907. The Labute approximate surface area is 241 Å². The zero-order valence-corrected chi connectivity index (χ0v) is 23.6. The first-order valence-electron chi connectivity index (χ1n) is 13.3. The first-order valence-corrected chi connectivity index (χ1v) is 14.9. The Bertz CT molecular complexity index is 2460. The monoisotopic (exact) mass is 593 g/mol. The summed E-state index contributed by atoms with van der Waals surface area (Å²) in [5.74, 6) is 0. The number of fused-ring (bicyclic) bond motifs is 9. The minimum atomic E-state index is 0.907. The van der Waals surface area contributed by atoms with Gasteiger partial charge < -0.3 is 8.98 Å². The summed E-state index contributed by atoms with van der Waals surface area (Å²) in [6.07, 6.45) is 0. The molecule has 0 atom stereocenters. The normalized spacial score (nSPS) is 12.1. The van der Waals surface area contributed by atoms with Crippen molar-refractivity contribution in [2.75, 3.05) is 0 Å². The second-order valence-corrected chi connectivity index (χ2v) is 12.2. The summed E-state index contributed by atoms with van der Waals surface area (Å²) in [5, 5.41) is 7.35. The number of hydrogen-bond donors (Lipinski definition) is 0. The predicted molar refractivity (Wildman–Crippen MR) is 174 cm³/mol. The SMILES string of the molecule is Brc1ccc2c(c1)c1cc(-c3cccc4c3sc3ccccc34)ccc1n2-c1cccc2c1oc1ccccc12. The van der Waals surface area contributed by atoms with Crippen LogP contribution in [0.1, 0.15) is 0 Å². The molecule has 0 radical (unpaired) electrons. The van der Waals surface area contributed by atoms with Crippen molar-refractivity contribution in [2.24, 2.45) is 0 Å². The summed E-state index contributed by atoms with van der Waals surface area (Å²) in [7, 11) is 0. The molecule has 0 N–H and O–H groups in total. The van der Waals surface area contributed by atoms with E-state index in [0.717, 1.165) is 43.1 Å². The molecule has 0 unspecified atom stereocenters. The summed E-state index contributed by atoms with van der Waals surface area (Å²) in [5.41, 5.74) is 7.69. The lowest BCUT2D eigenvalue weighted by atomic mass is 10.0. The first-order chi connectivity index (χ1) is 19.7. The lowest BCUT2D eigenvalue weighted by molar-refractivity contribution is 0.666. The Morgan fingerprint density at radius 3 is 2.23 bits per heavy atom. The van der Waals surface area contributed by atoms with Crippen LogP contribution in [0, 0.1) is 0 Å². The number of furan rings is 1. The van der Waals surface area contributed by atoms with Crippen molar-refractivity contribution < 1.29 is 4.42 Å². The molecule has 0 aliphatic heterocycles. The molecule has 0 amide bonds. The first kappa shape index (κ1) is 22.4. The van der Waals surface area contributed by atoms with E-state index in [4.69, 9.17) is 4.42 Å². The molecule has 0 saturated carbocycles. The summed E-state index contributed by atoms with van der Waals surface area (Å²) in [4.78, 5) is 0. The molecule has 188 valence electrons. The van der Waals surface area contributed by atoms with Crippen molar-refractivity contribution in [3.8, 4) is 16.8 Å². The second kappa shape index (κ2) is 8.31. The topological polar surface area (TPSA) is 18.1 Å². The van der Waals surface area contributed by atoms with Gasteiger partial charge >= 0.3 is 0 Å². The number of hydrogen-bond acceptors (Lipinski definition) is 2. The summed E-state index contributed by atoms with van der Waals surface area (Å²) >= 11 is 5.61. The molecule has 0 saturated heterocycles. The van der Waals surface area contributed by atoms with Gasteiger partial charge in [0, 0.05) is 46.2 Å². The summed E-state index contributed by atoms with van der Waals surface area (Å²) < 4.78 is 12.5. The Morgan fingerprint density at radius 1 is 0.575 bits per heavy atom. The third-order valence-corrected chi connectivity index (χ3v) is 9.78. The van der Waals surface area contributed by atoms with Crippen molar-refractivity contribution in [2.45, 2.75) is 0 Å². The summed E-state index contributed by atoms with van der Waals surface area (Å²) in [6.45, 7) is 0. The average Bonchev–Trinajstić information content (AvgIpc) is 3.66. The second-order valence-electron chi connectivity index (χ2n) is 10.3. The zero-order valence-electron chi connectivity index (χ0n) is 21.2. The molecule has 3 heterocycles. The van der Waals surface area contributed by atoms with E-state index in [0.29, 0.717) is 0 Å². The molecular weight excluding hydrogens is 574 g/mol. The van der Waals surface area contributed by atoms with Crippen molar-refractivity contribution in [3.05, 3.63) is 126 Å². The van der Waals surface area contributed by atoms with E-state index in [1.54, 1.807) is 0 Å². The maximum Gasteiger partial charge on any atom is 0.159 e. The highest BCUT2D eigenvalue weighted by Crippen LogP contribution is 2.43. The van der Waals surface area contributed by atoms with Gasteiger partial charge in [-0.1, -0.05) is 88.7 Å². The predicted octanol–water partition coefficient (Wildman–Crippen LogP) is 11.5. The summed E-state index contributed by atoms with van der Waals surface area (Å²) in [6, 6.07) is 43.6. The molecule has 0 bridgehead atoms. The number of halogens is 1. The van der Waals surface area contributed by atoms with Crippen LogP contribution in [0.3, 0.4) is 0 Å². The maximum atomic E-state index is 6.47. The van der Waals surface area contributed by atoms with E-state index in [9.17, 15) is 0 Å². The number of nitrogens with zero attached hydrogens (tertiary/aromatic N) is 1. The van der Waals surface area contributed by atoms with Gasteiger partial charge in [-0.2, -0.15) is 0 Å². The van der Waals surface area contributed by atoms with Crippen LogP contribution in [0.15, 0.2) is 130 Å². The fourth-order valence-electron chi connectivity index (χ4n) is 6.31. The maximum absolute atomic E-state index is 6.47. The van der Waals surface area contributed by atoms with Gasteiger partial charge in [-0.3, -0.25) is 0 Å². The van der Waals surface area contributed by atoms with Gasteiger partial charge in [0.15, 0.2) is 5.58 Å². The Morgan fingerprint density at radius 2 is 1.30 bits per heavy atom. The smallest absolute Gasteiger partial charge is 0.159 e. The highest BCUT2D eigenvalue weighted by Gasteiger charge is 2.19. The Balaban J connectivity index is 1.35. The molecule has 4 heteroatoms. The molecular formula is C36H20BrNOS. The van der Waals surface area contributed by atoms with E-state index >= 15 is 0 Å². The molecule has 9 rings (SSSR count). The van der Waals surface area contributed by atoms with E-state index < -0.39 is 0 Å². The minimum Gasteiger partial charge on any atom is -0.454 e. The third-order valence-electron chi connectivity index (χ3n) is 8.07. The van der Waals surface area contributed by atoms with E-state index in [2.05, 4.69) is 130 Å². The van der Waals surface area contributed by atoms with Crippen molar-refractivity contribution >= 4 is 91.2 Å². The van der Waals surface area contributed by atoms with E-state index in [1.807, 2.05) is 23.5 Å². The Hall–Kier alpha value is -4.38. The molecule has 0 aliphatic carbocycles. The number of thiophene rings is 1. The fraction of sp³-hybridized carbons (Fsp3) is 0. The van der Waals surface area contributed by atoms with Gasteiger partial charge in [-0.15, -0.1) is 11.3 Å². The molecule has 3 aromatic heterocycles. The molecule has 0 fully saturated rings. The fourth-order valence-corrected chi connectivity index (χ4v) is 7.90. The van der Waals surface area contributed by atoms with Gasteiger partial charge in [0.25, 0.3) is 0 Å². The van der Waals surface area contributed by atoms with Gasteiger partial charge in [-0.05, 0) is 59.7 Å². The van der Waals surface area contributed by atoms with Crippen molar-refractivity contribution in [3.63, 3.8) is 0 Å².